The van der Waals surface area contributed by atoms with E-state index in [1.807, 2.05) is 6.07 Å². The molecule has 1 heterocycles. The molecule has 2 amide bonds. The van der Waals surface area contributed by atoms with Crippen LogP contribution in [0.2, 0.25) is 0 Å². The molecule has 1 aliphatic heterocycles. The van der Waals surface area contributed by atoms with Crippen molar-refractivity contribution < 1.29 is 24.2 Å². The molecule has 1 unspecified atom stereocenters. The molecule has 0 aliphatic carbocycles. The van der Waals surface area contributed by atoms with E-state index in [2.05, 4.69) is 10.6 Å². The van der Waals surface area contributed by atoms with Crippen molar-refractivity contribution in [3.8, 4) is 0 Å². The molecule has 1 fully saturated rings. The van der Waals surface area contributed by atoms with Crippen LogP contribution in [0.4, 0.5) is 0 Å². The summed E-state index contributed by atoms with van der Waals surface area (Å²) in [5.74, 6) is -1.34. The molecule has 1 atom stereocenters. The van der Waals surface area contributed by atoms with Crippen molar-refractivity contribution in [2.24, 2.45) is 0 Å². The first-order valence-corrected chi connectivity index (χ1v) is 9.59. The molecular formula is C22H24N2O5. The van der Waals surface area contributed by atoms with Crippen LogP contribution in [0.1, 0.15) is 44.7 Å². The molecule has 7 heteroatoms. The zero-order valence-corrected chi connectivity index (χ0v) is 16.0. The van der Waals surface area contributed by atoms with Crippen molar-refractivity contribution in [2.45, 2.75) is 31.9 Å². The van der Waals surface area contributed by atoms with Crippen LogP contribution < -0.4 is 10.6 Å². The van der Waals surface area contributed by atoms with Gasteiger partial charge in [0, 0.05) is 25.3 Å². The molecule has 7 nitrogen and oxygen atoms in total. The molecule has 152 valence electrons. The predicted molar refractivity (Wildman–Crippen MR) is 107 cm³/mol. The third kappa shape index (κ3) is 6.15. The summed E-state index contributed by atoms with van der Waals surface area (Å²) in [5, 5.41) is 14.6. The Morgan fingerprint density at radius 2 is 1.79 bits per heavy atom. The highest BCUT2D eigenvalue weighted by molar-refractivity contribution is 5.94. The zero-order chi connectivity index (χ0) is 20.6. The van der Waals surface area contributed by atoms with E-state index in [-0.39, 0.29) is 29.9 Å². The lowest BCUT2D eigenvalue weighted by Crippen LogP contribution is -2.31. The largest absolute Gasteiger partial charge is 0.478 e. The molecule has 2 aromatic rings. The van der Waals surface area contributed by atoms with Crippen molar-refractivity contribution in [1.29, 1.82) is 0 Å². The van der Waals surface area contributed by atoms with E-state index in [0.717, 1.165) is 30.6 Å². The second-order valence-corrected chi connectivity index (χ2v) is 7.00. The Hall–Kier alpha value is -3.19. The molecule has 2 aromatic carbocycles. The monoisotopic (exact) mass is 396 g/mol. The van der Waals surface area contributed by atoms with Crippen LogP contribution in [0.15, 0.2) is 48.5 Å². The van der Waals surface area contributed by atoms with Crippen molar-refractivity contribution in [3.63, 3.8) is 0 Å². The molecule has 0 spiro atoms. The molecule has 3 N–H and O–H groups in total. The maximum Gasteiger partial charge on any atom is 0.335 e. The van der Waals surface area contributed by atoms with E-state index in [9.17, 15) is 14.4 Å². The van der Waals surface area contributed by atoms with Gasteiger partial charge in [-0.25, -0.2) is 4.79 Å². The molecule has 1 aliphatic rings. The highest BCUT2D eigenvalue weighted by atomic mass is 16.5. The standard InChI is InChI=1S/C22H24N2O5/c25-20(12-15-6-8-17(9-7-15)22(27)28)23-13-16-3-1-4-18(11-16)21(26)24-14-19-5-2-10-29-19/h1,3-4,6-9,11,19H,2,5,10,12-14H2,(H,23,25)(H,24,26)(H,27,28). The van der Waals surface area contributed by atoms with Gasteiger partial charge < -0.3 is 20.5 Å². The molecular weight excluding hydrogens is 372 g/mol. The normalized spacial score (nSPS) is 15.7. The number of benzene rings is 2. The summed E-state index contributed by atoms with van der Waals surface area (Å²) in [7, 11) is 0. The molecule has 0 bridgehead atoms. The average Bonchev–Trinajstić information content (AvgIpc) is 3.25. The van der Waals surface area contributed by atoms with Crippen LogP contribution in [0, 0.1) is 0 Å². The summed E-state index contributed by atoms with van der Waals surface area (Å²) < 4.78 is 5.50. The van der Waals surface area contributed by atoms with Crippen molar-refractivity contribution in [3.05, 3.63) is 70.8 Å². The van der Waals surface area contributed by atoms with Gasteiger partial charge in [0.25, 0.3) is 5.91 Å². The van der Waals surface area contributed by atoms with Crippen molar-refractivity contribution >= 4 is 17.8 Å². The number of carbonyl (C=O) groups excluding carboxylic acids is 2. The second kappa shape index (κ2) is 9.84. The Bertz CT molecular complexity index is 873. The number of carboxylic acids is 1. The minimum absolute atomic E-state index is 0.0889. The van der Waals surface area contributed by atoms with E-state index in [1.165, 1.54) is 12.1 Å². The van der Waals surface area contributed by atoms with Gasteiger partial charge in [0.2, 0.25) is 5.91 Å². The first-order valence-electron chi connectivity index (χ1n) is 9.59. The number of ether oxygens (including phenoxy) is 1. The van der Waals surface area contributed by atoms with Crippen LogP contribution in [0.5, 0.6) is 0 Å². The lowest BCUT2D eigenvalue weighted by atomic mass is 10.1. The fourth-order valence-electron chi connectivity index (χ4n) is 3.15. The van der Waals surface area contributed by atoms with Gasteiger partial charge in [-0.05, 0) is 48.2 Å². The summed E-state index contributed by atoms with van der Waals surface area (Å²) in [6, 6.07) is 13.3. The van der Waals surface area contributed by atoms with E-state index in [1.54, 1.807) is 30.3 Å². The number of rotatable bonds is 8. The quantitative estimate of drug-likeness (QED) is 0.634. The lowest BCUT2D eigenvalue weighted by molar-refractivity contribution is -0.120. The molecule has 3 rings (SSSR count). The van der Waals surface area contributed by atoms with Crippen molar-refractivity contribution in [2.75, 3.05) is 13.2 Å². The molecule has 1 saturated heterocycles. The Morgan fingerprint density at radius 1 is 1.00 bits per heavy atom. The fraction of sp³-hybridized carbons (Fsp3) is 0.318. The van der Waals surface area contributed by atoms with Crippen LogP contribution in [0.3, 0.4) is 0 Å². The number of aromatic carboxylic acids is 1. The minimum Gasteiger partial charge on any atom is -0.478 e. The summed E-state index contributed by atoms with van der Waals surface area (Å²) >= 11 is 0. The number of carboxylic acid groups (broad SMARTS) is 1. The number of hydrogen-bond donors (Lipinski definition) is 3. The van der Waals surface area contributed by atoms with Gasteiger partial charge >= 0.3 is 5.97 Å². The molecule has 0 aromatic heterocycles. The van der Waals surface area contributed by atoms with E-state index in [0.29, 0.717) is 18.7 Å². The Morgan fingerprint density at radius 3 is 2.48 bits per heavy atom. The van der Waals surface area contributed by atoms with Crippen LogP contribution in [0.25, 0.3) is 0 Å². The summed E-state index contributed by atoms with van der Waals surface area (Å²) in [5.41, 5.74) is 2.28. The summed E-state index contributed by atoms with van der Waals surface area (Å²) in [6.45, 7) is 1.55. The van der Waals surface area contributed by atoms with E-state index in [4.69, 9.17) is 9.84 Å². The fourth-order valence-corrected chi connectivity index (χ4v) is 3.15. The predicted octanol–water partition coefficient (Wildman–Crippen LogP) is 2.15. The smallest absolute Gasteiger partial charge is 0.335 e. The van der Waals surface area contributed by atoms with Gasteiger partial charge in [-0.3, -0.25) is 9.59 Å². The van der Waals surface area contributed by atoms with Gasteiger partial charge in [0.15, 0.2) is 0 Å². The van der Waals surface area contributed by atoms with Crippen molar-refractivity contribution in [1.82, 2.24) is 10.6 Å². The highest BCUT2D eigenvalue weighted by Gasteiger charge is 2.16. The Labute approximate surface area is 169 Å². The van der Waals surface area contributed by atoms with Crippen LogP contribution in [-0.4, -0.2) is 42.1 Å². The highest BCUT2D eigenvalue weighted by Crippen LogP contribution is 2.11. The lowest BCUT2D eigenvalue weighted by Gasteiger charge is -2.11. The summed E-state index contributed by atoms with van der Waals surface area (Å²) in [4.78, 5) is 35.3. The van der Waals surface area contributed by atoms with Gasteiger partial charge in [-0.1, -0.05) is 24.3 Å². The first-order chi connectivity index (χ1) is 14.0. The number of nitrogens with one attached hydrogen (secondary N) is 2. The van der Waals surface area contributed by atoms with E-state index < -0.39 is 5.97 Å². The SMILES string of the molecule is O=C(Cc1ccc(C(=O)O)cc1)NCc1cccc(C(=O)NCC2CCCO2)c1. The first kappa shape index (κ1) is 20.5. The summed E-state index contributed by atoms with van der Waals surface area (Å²) in [6.07, 6.45) is 2.23. The topological polar surface area (TPSA) is 105 Å². The minimum atomic E-state index is -0.999. The zero-order valence-electron chi connectivity index (χ0n) is 16.0. The van der Waals surface area contributed by atoms with Crippen LogP contribution in [-0.2, 0) is 22.5 Å². The molecule has 29 heavy (non-hydrogen) atoms. The second-order valence-electron chi connectivity index (χ2n) is 7.00. The van der Waals surface area contributed by atoms with Gasteiger partial charge in [0.05, 0.1) is 18.1 Å². The maximum absolute atomic E-state index is 12.3. The third-order valence-corrected chi connectivity index (χ3v) is 4.76. The number of amides is 2. The molecule has 0 saturated carbocycles. The number of hydrogen-bond acceptors (Lipinski definition) is 4. The van der Waals surface area contributed by atoms with E-state index >= 15 is 0 Å². The maximum atomic E-state index is 12.3. The van der Waals surface area contributed by atoms with Gasteiger partial charge in [-0.15, -0.1) is 0 Å². The van der Waals surface area contributed by atoms with Gasteiger partial charge in [-0.2, -0.15) is 0 Å². The Kier molecular flexibility index (Phi) is 6.97. The Balaban J connectivity index is 1.48. The third-order valence-electron chi connectivity index (χ3n) is 4.76. The van der Waals surface area contributed by atoms with Crippen LogP contribution >= 0.6 is 0 Å². The molecule has 0 radical (unpaired) electrons. The average molecular weight is 396 g/mol. The number of carbonyl (C=O) groups is 3. The van der Waals surface area contributed by atoms with Gasteiger partial charge in [0.1, 0.15) is 0 Å².